The fourth-order valence-corrected chi connectivity index (χ4v) is 3.96. The van der Waals surface area contributed by atoms with Crippen molar-refractivity contribution in [3.05, 3.63) is 41.1 Å². The van der Waals surface area contributed by atoms with Crippen molar-refractivity contribution in [3.8, 4) is 5.75 Å². The van der Waals surface area contributed by atoms with E-state index in [1.807, 2.05) is 24.3 Å². The van der Waals surface area contributed by atoms with E-state index in [1.54, 1.807) is 18.9 Å². The van der Waals surface area contributed by atoms with E-state index in [0.29, 0.717) is 34.4 Å². The van der Waals surface area contributed by atoms with Gasteiger partial charge in [0.25, 0.3) is 0 Å². The summed E-state index contributed by atoms with van der Waals surface area (Å²) in [4.78, 5) is 31.0. The predicted molar refractivity (Wildman–Crippen MR) is 91.8 cm³/mol. The van der Waals surface area contributed by atoms with E-state index in [9.17, 15) is 9.59 Å². The lowest BCUT2D eigenvalue weighted by Gasteiger charge is -2.39. The summed E-state index contributed by atoms with van der Waals surface area (Å²) in [5, 5.41) is 0.618. The summed E-state index contributed by atoms with van der Waals surface area (Å²) in [5.74, 6) is 0.751. The molecule has 2 aliphatic heterocycles. The van der Waals surface area contributed by atoms with Crippen molar-refractivity contribution in [2.45, 2.75) is 19.4 Å². The zero-order valence-electron chi connectivity index (χ0n) is 13.7. The zero-order chi connectivity index (χ0) is 17.3. The standard InChI is InChI=1S/C17H18N2O4S/c1-10-14(16(21)23-3)15(11-6-4-5-7-12(11)22-2)19-13(20)8-9-24-17(19)18-10/h4-7,15H,8-9H2,1-3H3/t15-/m1/s1. The van der Waals surface area contributed by atoms with Gasteiger partial charge in [0.15, 0.2) is 5.17 Å². The number of aliphatic imine (C=N–C) groups is 1. The molecule has 126 valence electrons. The Morgan fingerprint density at radius 1 is 1.33 bits per heavy atom. The Bertz CT molecular complexity index is 757. The topological polar surface area (TPSA) is 68.2 Å². The van der Waals surface area contributed by atoms with Gasteiger partial charge in [-0.2, -0.15) is 0 Å². The Morgan fingerprint density at radius 2 is 2.08 bits per heavy atom. The van der Waals surface area contributed by atoms with Crippen molar-refractivity contribution in [2.75, 3.05) is 20.0 Å². The van der Waals surface area contributed by atoms with E-state index in [0.717, 1.165) is 5.56 Å². The molecule has 1 atom stereocenters. The lowest BCUT2D eigenvalue weighted by atomic mass is 9.93. The number of methoxy groups -OCH3 is 2. The third-order valence-corrected chi connectivity index (χ3v) is 5.00. The van der Waals surface area contributed by atoms with Gasteiger partial charge in [-0.25, -0.2) is 9.79 Å². The number of para-hydroxylation sites is 1. The quantitative estimate of drug-likeness (QED) is 0.787. The number of nitrogens with zero attached hydrogens (tertiary/aromatic N) is 2. The molecule has 1 amide bonds. The van der Waals surface area contributed by atoms with E-state index in [2.05, 4.69) is 4.99 Å². The number of benzene rings is 1. The normalized spacial score (nSPS) is 20.5. The van der Waals surface area contributed by atoms with E-state index in [1.165, 1.54) is 18.9 Å². The van der Waals surface area contributed by atoms with Gasteiger partial charge in [-0.1, -0.05) is 30.0 Å². The number of esters is 1. The van der Waals surface area contributed by atoms with Crippen LogP contribution >= 0.6 is 11.8 Å². The monoisotopic (exact) mass is 346 g/mol. The van der Waals surface area contributed by atoms with Gasteiger partial charge in [-0.15, -0.1) is 0 Å². The second-order valence-corrected chi connectivity index (χ2v) is 6.45. The van der Waals surface area contributed by atoms with Crippen LogP contribution in [-0.4, -0.2) is 41.9 Å². The molecule has 0 N–H and O–H groups in total. The van der Waals surface area contributed by atoms with Gasteiger partial charge in [0.05, 0.1) is 25.5 Å². The average Bonchev–Trinajstić information content (AvgIpc) is 2.60. The third kappa shape index (κ3) is 2.69. The van der Waals surface area contributed by atoms with Crippen LogP contribution < -0.4 is 4.74 Å². The van der Waals surface area contributed by atoms with Crippen molar-refractivity contribution in [2.24, 2.45) is 4.99 Å². The molecule has 24 heavy (non-hydrogen) atoms. The molecule has 1 aromatic carbocycles. The maximum Gasteiger partial charge on any atom is 0.338 e. The summed E-state index contributed by atoms with van der Waals surface area (Å²) in [7, 11) is 2.89. The summed E-state index contributed by atoms with van der Waals surface area (Å²) >= 11 is 1.52. The highest BCUT2D eigenvalue weighted by Crippen LogP contribution is 2.42. The van der Waals surface area contributed by atoms with Crippen LogP contribution in [0.1, 0.15) is 24.9 Å². The molecular formula is C17H18N2O4S. The lowest BCUT2D eigenvalue weighted by molar-refractivity contribution is -0.137. The number of allylic oxidation sites excluding steroid dienone is 1. The van der Waals surface area contributed by atoms with Crippen LogP contribution in [0.2, 0.25) is 0 Å². The Balaban J connectivity index is 2.22. The first-order valence-corrected chi connectivity index (χ1v) is 8.52. The number of hydrogen-bond acceptors (Lipinski definition) is 6. The van der Waals surface area contributed by atoms with Crippen LogP contribution in [0.4, 0.5) is 0 Å². The fraction of sp³-hybridized carbons (Fsp3) is 0.353. The van der Waals surface area contributed by atoms with E-state index < -0.39 is 12.0 Å². The number of thioether (sulfide) groups is 1. The highest BCUT2D eigenvalue weighted by Gasteiger charge is 2.42. The molecule has 0 radical (unpaired) electrons. The first-order chi connectivity index (χ1) is 11.6. The van der Waals surface area contributed by atoms with E-state index in [4.69, 9.17) is 9.47 Å². The Kier molecular flexibility index (Phi) is 4.62. The highest BCUT2D eigenvalue weighted by molar-refractivity contribution is 8.14. The van der Waals surface area contributed by atoms with Crippen LogP contribution in [0.5, 0.6) is 5.75 Å². The molecule has 0 unspecified atom stereocenters. The van der Waals surface area contributed by atoms with Crippen molar-refractivity contribution in [1.82, 2.24) is 4.90 Å². The number of hydrogen-bond donors (Lipinski definition) is 0. The minimum atomic E-state index is -0.596. The van der Waals surface area contributed by atoms with Crippen LogP contribution in [0.3, 0.4) is 0 Å². The first-order valence-electron chi connectivity index (χ1n) is 7.54. The molecule has 3 rings (SSSR count). The highest BCUT2D eigenvalue weighted by atomic mass is 32.2. The predicted octanol–water partition coefficient (Wildman–Crippen LogP) is 2.52. The van der Waals surface area contributed by atoms with Gasteiger partial charge in [0, 0.05) is 17.7 Å². The molecule has 2 heterocycles. The molecule has 1 fully saturated rings. The van der Waals surface area contributed by atoms with Crippen LogP contribution in [0.25, 0.3) is 0 Å². The SMILES string of the molecule is COC(=O)C1=C(C)N=C2SCCC(=O)N2[C@@H]1c1ccccc1OC. The summed E-state index contributed by atoms with van der Waals surface area (Å²) < 4.78 is 10.4. The number of amidine groups is 1. The summed E-state index contributed by atoms with van der Waals surface area (Å²) in [6.07, 6.45) is 0.406. The molecule has 0 spiro atoms. The maximum atomic E-state index is 12.6. The van der Waals surface area contributed by atoms with Gasteiger partial charge in [-0.05, 0) is 13.0 Å². The summed E-state index contributed by atoms with van der Waals surface area (Å²) in [6, 6.07) is 6.78. The number of fused-ring (bicyclic) bond motifs is 1. The largest absolute Gasteiger partial charge is 0.496 e. The fourth-order valence-electron chi connectivity index (χ4n) is 2.95. The zero-order valence-corrected chi connectivity index (χ0v) is 14.6. The van der Waals surface area contributed by atoms with Gasteiger partial charge in [0.2, 0.25) is 5.91 Å². The van der Waals surface area contributed by atoms with Crippen LogP contribution in [0, 0.1) is 0 Å². The van der Waals surface area contributed by atoms with Gasteiger partial charge < -0.3 is 9.47 Å². The Hall–Kier alpha value is -2.28. The molecule has 0 saturated carbocycles. The van der Waals surface area contributed by atoms with Crippen molar-refractivity contribution in [3.63, 3.8) is 0 Å². The molecular weight excluding hydrogens is 328 g/mol. The summed E-state index contributed by atoms with van der Waals surface area (Å²) in [6.45, 7) is 1.76. The first kappa shape index (κ1) is 16.6. The minimum absolute atomic E-state index is 0.0580. The smallest absolute Gasteiger partial charge is 0.338 e. The molecule has 0 aromatic heterocycles. The van der Waals surface area contributed by atoms with E-state index in [-0.39, 0.29) is 5.91 Å². The Morgan fingerprint density at radius 3 is 2.79 bits per heavy atom. The number of carbonyl (C=O) groups is 2. The van der Waals surface area contributed by atoms with Gasteiger partial charge >= 0.3 is 5.97 Å². The molecule has 2 aliphatic rings. The van der Waals surface area contributed by atoms with E-state index >= 15 is 0 Å². The molecule has 7 heteroatoms. The van der Waals surface area contributed by atoms with Crippen LogP contribution in [0.15, 0.2) is 40.5 Å². The number of amides is 1. The number of rotatable bonds is 3. The molecule has 6 nitrogen and oxygen atoms in total. The second kappa shape index (κ2) is 6.68. The van der Waals surface area contributed by atoms with Gasteiger partial charge in [0.1, 0.15) is 11.8 Å². The number of carbonyl (C=O) groups excluding carboxylic acids is 2. The second-order valence-electron chi connectivity index (χ2n) is 5.39. The molecule has 1 saturated heterocycles. The summed E-state index contributed by atoms with van der Waals surface area (Å²) in [5.41, 5.74) is 1.66. The van der Waals surface area contributed by atoms with Crippen molar-refractivity contribution >= 4 is 28.8 Å². The van der Waals surface area contributed by atoms with Crippen LogP contribution in [-0.2, 0) is 14.3 Å². The molecule has 0 aliphatic carbocycles. The van der Waals surface area contributed by atoms with Crippen molar-refractivity contribution in [1.29, 1.82) is 0 Å². The average molecular weight is 346 g/mol. The lowest BCUT2D eigenvalue weighted by Crippen LogP contribution is -2.45. The third-order valence-electron chi connectivity index (χ3n) is 4.05. The maximum absolute atomic E-state index is 12.6. The molecule has 0 bridgehead atoms. The van der Waals surface area contributed by atoms with Crippen molar-refractivity contribution < 1.29 is 19.1 Å². The Labute approximate surface area is 144 Å². The number of ether oxygens (including phenoxy) is 2. The molecule has 1 aromatic rings. The van der Waals surface area contributed by atoms with Gasteiger partial charge in [-0.3, -0.25) is 9.69 Å². The minimum Gasteiger partial charge on any atom is -0.496 e.